The topological polar surface area (TPSA) is 85.2 Å². The van der Waals surface area contributed by atoms with Gasteiger partial charge in [-0.05, 0) is 12.1 Å². The molecule has 0 atom stereocenters. The Morgan fingerprint density at radius 3 is 3.00 bits per heavy atom. The Morgan fingerprint density at radius 2 is 2.28 bits per heavy atom. The molecule has 0 radical (unpaired) electrons. The molecule has 0 aromatic carbocycles. The summed E-state index contributed by atoms with van der Waals surface area (Å²) in [6.07, 6.45) is 4.99. The van der Waals surface area contributed by atoms with Crippen LogP contribution in [0.25, 0.3) is 17.0 Å². The van der Waals surface area contributed by atoms with Crippen molar-refractivity contribution in [3.8, 4) is 11.4 Å². The molecule has 0 bridgehead atoms. The molecule has 90 valence electrons. The molecule has 0 aliphatic carbocycles. The maximum Gasteiger partial charge on any atom is 0.339 e. The summed E-state index contributed by atoms with van der Waals surface area (Å²) in [4.78, 5) is 11.5. The van der Waals surface area contributed by atoms with E-state index < -0.39 is 5.97 Å². The zero-order chi connectivity index (χ0) is 12.5. The summed E-state index contributed by atoms with van der Waals surface area (Å²) in [6, 6.07) is 3.36. The Hall–Kier alpha value is -2.70. The van der Waals surface area contributed by atoms with Crippen molar-refractivity contribution >= 4 is 11.6 Å². The standard InChI is InChI=1S/C11H9N5O2/c1-18-11(17)7-2-3-9-14-15-10(16(9)6-7)8-4-12-13-5-8/h2-6H,1H3,(H,12,13). The maximum atomic E-state index is 11.5. The average Bonchev–Trinajstić information content (AvgIpc) is 3.05. The zero-order valence-corrected chi connectivity index (χ0v) is 9.49. The lowest BCUT2D eigenvalue weighted by atomic mass is 10.2. The van der Waals surface area contributed by atoms with Gasteiger partial charge in [0, 0.05) is 12.4 Å². The number of hydrogen-bond acceptors (Lipinski definition) is 5. The van der Waals surface area contributed by atoms with E-state index in [1.165, 1.54) is 7.11 Å². The molecule has 0 saturated heterocycles. The van der Waals surface area contributed by atoms with E-state index in [9.17, 15) is 4.79 Å². The van der Waals surface area contributed by atoms with Crippen molar-refractivity contribution in [1.29, 1.82) is 0 Å². The van der Waals surface area contributed by atoms with Crippen LogP contribution in [0.2, 0.25) is 0 Å². The van der Waals surface area contributed by atoms with E-state index in [0.29, 0.717) is 17.0 Å². The minimum atomic E-state index is -0.399. The van der Waals surface area contributed by atoms with Gasteiger partial charge in [-0.1, -0.05) is 0 Å². The second kappa shape index (κ2) is 3.95. The summed E-state index contributed by atoms with van der Waals surface area (Å²) in [5.41, 5.74) is 1.89. The van der Waals surface area contributed by atoms with Gasteiger partial charge in [0.1, 0.15) is 0 Å². The summed E-state index contributed by atoms with van der Waals surface area (Å²) >= 11 is 0. The summed E-state index contributed by atoms with van der Waals surface area (Å²) in [6.45, 7) is 0. The number of fused-ring (bicyclic) bond motifs is 1. The van der Waals surface area contributed by atoms with Crippen LogP contribution in [0.5, 0.6) is 0 Å². The molecule has 0 saturated carbocycles. The molecule has 0 aliphatic heterocycles. The molecule has 3 aromatic heterocycles. The first-order chi connectivity index (χ1) is 8.79. The zero-order valence-electron chi connectivity index (χ0n) is 9.49. The number of nitrogens with zero attached hydrogens (tertiary/aromatic N) is 4. The van der Waals surface area contributed by atoms with Crippen molar-refractivity contribution < 1.29 is 9.53 Å². The number of esters is 1. The van der Waals surface area contributed by atoms with Gasteiger partial charge in [0.25, 0.3) is 0 Å². The van der Waals surface area contributed by atoms with Gasteiger partial charge in [-0.2, -0.15) is 5.10 Å². The lowest BCUT2D eigenvalue weighted by Gasteiger charge is -2.01. The van der Waals surface area contributed by atoms with Crippen molar-refractivity contribution in [1.82, 2.24) is 24.8 Å². The van der Waals surface area contributed by atoms with Crippen LogP contribution in [0, 0.1) is 0 Å². The third-order valence-electron chi connectivity index (χ3n) is 2.58. The molecule has 3 aromatic rings. The molecule has 0 fully saturated rings. The van der Waals surface area contributed by atoms with Crippen molar-refractivity contribution in [3.63, 3.8) is 0 Å². The molecule has 0 unspecified atom stereocenters. The van der Waals surface area contributed by atoms with Gasteiger partial charge in [-0.3, -0.25) is 9.50 Å². The van der Waals surface area contributed by atoms with Gasteiger partial charge in [0.2, 0.25) is 0 Å². The second-order valence-electron chi connectivity index (χ2n) is 3.65. The van der Waals surface area contributed by atoms with E-state index in [0.717, 1.165) is 5.56 Å². The summed E-state index contributed by atoms with van der Waals surface area (Å²) < 4.78 is 6.40. The van der Waals surface area contributed by atoms with Crippen LogP contribution in [0.1, 0.15) is 10.4 Å². The van der Waals surface area contributed by atoms with Crippen LogP contribution in [-0.4, -0.2) is 37.9 Å². The van der Waals surface area contributed by atoms with E-state index in [2.05, 4.69) is 25.1 Å². The third kappa shape index (κ3) is 1.53. The molecular weight excluding hydrogens is 234 g/mol. The number of carbonyl (C=O) groups excluding carboxylic acids is 1. The van der Waals surface area contributed by atoms with E-state index in [1.54, 1.807) is 35.1 Å². The van der Waals surface area contributed by atoms with Crippen molar-refractivity contribution in [2.75, 3.05) is 7.11 Å². The summed E-state index contributed by atoms with van der Waals surface area (Å²) in [7, 11) is 1.34. The van der Waals surface area contributed by atoms with Crippen LogP contribution in [0.4, 0.5) is 0 Å². The quantitative estimate of drug-likeness (QED) is 0.676. The van der Waals surface area contributed by atoms with Gasteiger partial charge < -0.3 is 4.74 Å². The van der Waals surface area contributed by atoms with Gasteiger partial charge in [0.05, 0.1) is 24.4 Å². The molecular formula is C11H9N5O2. The smallest absolute Gasteiger partial charge is 0.339 e. The number of H-pyrrole nitrogens is 1. The highest BCUT2D eigenvalue weighted by atomic mass is 16.5. The van der Waals surface area contributed by atoms with Crippen molar-refractivity contribution in [3.05, 3.63) is 36.3 Å². The van der Waals surface area contributed by atoms with Gasteiger partial charge >= 0.3 is 5.97 Å². The lowest BCUT2D eigenvalue weighted by Crippen LogP contribution is -2.03. The number of ether oxygens (including phenoxy) is 1. The summed E-state index contributed by atoms with van der Waals surface area (Å²) in [5, 5.41) is 14.7. The molecule has 7 nitrogen and oxygen atoms in total. The molecule has 0 amide bonds. The van der Waals surface area contributed by atoms with E-state index >= 15 is 0 Å². The average molecular weight is 243 g/mol. The predicted molar refractivity (Wildman–Crippen MR) is 61.9 cm³/mol. The predicted octanol–water partition coefficient (Wildman–Crippen LogP) is 0.906. The van der Waals surface area contributed by atoms with Crippen LogP contribution in [-0.2, 0) is 4.74 Å². The molecule has 7 heteroatoms. The number of methoxy groups -OCH3 is 1. The molecule has 3 rings (SSSR count). The van der Waals surface area contributed by atoms with Crippen LogP contribution in [0.15, 0.2) is 30.7 Å². The first-order valence-electron chi connectivity index (χ1n) is 5.22. The lowest BCUT2D eigenvalue weighted by molar-refractivity contribution is 0.0600. The SMILES string of the molecule is COC(=O)c1ccc2nnc(-c3cn[nH]c3)n2c1. The van der Waals surface area contributed by atoms with Crippen molar-refractivity contribution in [2.24, 2.45) is 0 Å². The Labute approximate surface area is 101 Å². The molecule has 1 N–H and O–H groups in total. The highest BCUT2D eigenvalue weighted by Gasteiger charge is 2.12. The number of aromatic nitrogens is 5. The first-order valence-corrected chi connectivity index (χ1v) is 5.22. The normalized spacial score (nSPS) is 10.7. The number of carbonyl (C=O) groups is 1. The highest BCUT2D eigenvalue weighted by molar-refractivity contribution is 5.89. The minimum Gasteiger partial charge on any atom is -0.465 e. The Kier molecular flexibility index (Phi) is 2.30. The first kappa shape index (κ1) is 10.5. The second-order valence-corrected chi connectivity index (χ2v) is 3.65. The number of rotatable bonds is 2. The van der Waals surface area contributed by atoms with Crippen LogP contribution < -0.4 is 0 Å². The summed E-state index contributed by atoms with van der Waals surface area (Å²) in [5.74, 6) is 0.216. The fraction of sp³-hybridized carbons (Fsp3) is 0.0909. The minimum absolute atomic E-state index is 0.399. The molecule has 3 heterocycles. The molecule has 18 heavy (non-hydrogen) atoms. The number of hydrogen-bond donors (Lipinski definition) is 1. The fourth-order valence-corrected chi connectivity index (χ4v) is 1.70. The third-order valence-corrected chi connectivity index (χ3v) is 2.58. The number of nitrogens with one attached hydrogen (secondary N) is 1. The van der Waals surface area contributed by atoms with E-state index in [1.807, 2.05) is 0 Å². The maximum absolute atomic E-state index is 11.5. The van der Waals surface area contributed by atoms with Crippen LogP contribution in [0.3, 0.4) is 0 Å². The van der Waals surface area contributed by atoms with Gasteiger partial charge in [-0.15, -0.1) is 10.2 Å². The largest absolute Gasteiger partial charge is 0.465 e. The fourth-order valence-electron chi connectivity index (χ4n) is 1.70. The number of pyridine rings is 1. The van der Waals surface area contributed by atoms with Crippen LogP contribution >= 0.6 is 0 Å². The molecule has 0 aliphatic rings. The van der Waals surface area contributed by atoms with Gasteiger partial charge in [-0.25, -0.2) is 4.79 Å². The van der Waals surface area contributed by atoms with E-state index in [4.69, 9.17) is 0 Å². The Morgan fingerprint density at radius 1 is 1.39 bits per heavy atom. The number of aromatic amines is 1. The van der Waals surface area contributed by atoms with Gasteiger partial charge in [0.15, 0.2) is 11.5 Å². The Balaban J connectivity index is 2.19. The van der Waals surface area contributed by atoms with E-state index in [-0.39, 0.29) is 0 Å². The highest BCUT2D eigenvalue weighted by Crippen LogP contribution is 2.17. The Bertz CT molecular complexity index is 701. The molecule has 0 spiro atoms. The monoisotopic (exact) mass is 243 g/mol. The van der Waals surface area contributed by atoms with Crippen molar-refractivity contribution in [2.45, 2.75) is 0 Å².